The number of aromatic nitrogens is 2. The minimum Gasteiger partial charge on any atom is -0.497 e. The van der Waals surface area contributed by atoms with Crippen molar-refractivity contribution < 1.29 is 9.13 Å². The van der Waals surface area contributed by atoms with Crippen LogP contribution >= 0.6 is 0 Å². The number of halogens is 1. The van der Waals surface area contributed by atoms with Gasteiger partial charge in [-0.25, -0.2) is 0 Å². The molecule has 1 saturated heterocycles. The predicted molar refractivity (Wildman–Crippen MR) is 144 cm³/mol. The van der Waals surface area contributed by atoms with E-state index in [1.807, 2.05) is 0 Å². The Bertz CT molecular complexity index is 1450. The zero-order valence-electron chi connectivity index (χ0n) is 21.0. The van der Waals surface area contributed by atoms with Crippen molar-refractivity contribution in [2.75, 3.05) is 26.9 Å². The summed E-state index contributed by atoms with van der Waals surface area (Å²) in [5.41, 5.74) is 11.0. The Morgan fingerprint density at radius 2 is 1.89 bits per heavy atom. The highest BCUT2D eigenvalue weighted by Crippen LogP contribution is 2.42. The molecule has 1 N–H and O–H groups in total. The van der Waals surface area contributed by atoms with E-state index in [4.69, 9.17) is 9.84 Å². The zero-order valence-corrected chi connectivity index (χ0v) is 21.0. The SMILES string of the molecule is COc1ccc2c(c1)CCCC(c1ccccc1C)=C2c1n[nH]c2cc(CN3CC(CF)C3)ccc12. The van der Waals surface area contributed by atoms with E-state index in [-0.39, 0.29) is 12.6 Å². The third-order valence-electron chi connectivity index (χ3n) is 7.75. The number of aryl methyl sites for hydroxylation is 2. The molecule has 0 radical (unpaired) electrons. The van der Waals surface area contributed by atoms with Gasteiger partial charge in [-0.15, -0.1) is 0 Å². The molecule has 0 spiro atoms. The number of methoxy groups -OCH3 is 1. The summed E-state index contributed by atoms with van der Waals surface area (Å²) in [5.74, 6) is 1.10. The molecule has 36 heavy (non-hydrogen) atoms. The molecule has 2 heterocycles. The van der Waals surface area contributed by atoms with Crippen molar-refractivity contribution in [3.8, 4) is 5.75 Å². The molecule has 0 unspecified atom stereocenters. The Morgan fingerprint density at radius 3 is 2.69 bits per heavy atom. The number of aromatic amines is 1. The first-order chi connectivity index (χ1) is 17.6. The number of rotatable bonds is 6. The van der Waals surface area contributed by atoms with Crippen LogP contribution in [0, 0.1) is 12.8 Å². The van der Waals surface area contributed by atoms with Crippen LogP contribution in [0.3, 0.4) is 0 Å². The van der Waals surface area contributed by atoms with Crippen molar-refractivity contribution in [2.45, 2.75) is 32.7 Å². The Morgan fingerprint density at radius 1 is 1.03 bits per heavy atom. The summed E-state index contributed by atoms with van der Waals surface area (Å²) >= 11 is 0. The fraction of sp³-hybridized carbons (Fsp3) is 0.323. The topological polar surface area (TPSA) is 41.1 Å². The van der Waals surface area contributed by atoms with Gasteiger partial charge in [0.05, 0.1) is 19.3 Å². The van der Waals surface area contributed by atoms with Crippen LogP contribution in [0.2, 0.25) is 0 Å². The number of hydrogen-bond donors (Lipinski definition) is 1. The maximum absolute atomic E-state index is 12.8. The maximum atomic E-state index is 12.8. The molecule has 2 aliphatic rings. The Hall–Kier alpha value is -3.44. The molecule has 3 aromatic carbocycles. The first kappa shape index (κ1) is 23.0. The lowest BCUT2D eigenvalue weighted by atomic mass is 9.87. The van der Waals surface area contributed by atoms with E-state index in [9.17, 15) is 4.39 Å². The van der Waals surface area contributed by atoms with Crippen LogP contribution in [-0.4, -0.2) is 42.0 Å². The monoisotopic (exact) mass is 481 g/mol. The van der Waals surface area contributed by atoms with Gasteiger partial charge in [-0.1, -0.05) is 42.5 Å². The Labute approximate surface area is 211 Å². The first-order valence-electron chi connectivity index (χ1n) is 12.9. The Balaban J connectivity index is 1.48. The van der Waals surface area contributed by atoms with E-state index in [0.717, 1.165) is 61.2 Å². The van der Waals surface area contributed by atoms with Crippen LogP contribution < -0.4 is 4.74 Å². The van der Waals surface area contributed by atoms with Gasteiger partial charge in [0.1, 0.15) is 11.4 Å². The van der Waals surface area contributed by atoms with Crippen LogP contribution in [0.25, 0.3) is 22.0 Å². The second-order valence-electron chi connectivity index (χ2n) is 10.2. The third-order valence-corrected chi connectivity index (χ3v) is 7.75. The fourth-order valence-corrected chi connectivity index (χ4v) is 5.86. The zero-order chi connectivity index (χ0) is 24.6. The number of alkyl halides is 1. The van der Waals surface area contributed by atoms with Gasteiger partial charge >= 0.3 is 0 Å². The second kappa shape index (κ2) is 9.55. The van der Waals surface area contributed by atoms with Gasteiger partial charge in [-0.2, -0.15) is 5.10 Å². The average Bonchev–Trinajstić information content (AvgIpc) is 3.19. The minimum atomic E-state index is -0.217. The molecular weight excluding hydrogens is 449 g/mol. The molecule has 184 valence electrons. The molecule has 0 bridgehead atoms. The van der Waals surface area contributed by atoms with Crippen molar-refractivity contribution in [3.05, 3.63) is 94.2 Å². The predicted octanol–water partition coefficient (Wildman–Crippen LogP) is 6.58. The second-order valence-corrected chi connectivity index (χ2v) is 10.2. The number of hydrogen-bond acceptors (Lipinski definition) is 3. The van der Waals surface area contributed by atoms with Crippen molar-refractivity contribution in [1.29, 1.82) is 0 Å². The number of nitrogens with zero attached hydrogens (tertiary/aromatic N) is 2. The number of fused-ring (bicyclic) bond motifs is 2. The van der Waals surface area contributed by atoms with Gasteiger partial charge in [0, 0.05) is 36.5 Å². The van der Waals surface area contributed by atoms with Crippen LogP contribution in [0.5, 0.6) is 5.75 Å². The van der Waals surface area contributed by atoms with Gasteiger partial charge in [0.25, 0.3) is 0 Å². The number of nitrogens with one attached hydrogen (secondary N) is 1. The van der Waals surface area contributed by atoms with Gasteiger partial charge in [-0.3, -0.25) is 14.4 Å². The number of ether oxygens (including phenoxy) is 1. The van der Waals surface area contributed by atoms with Crippen LogP contribution in [0.1, 0.15) is 46.4 Å². The first-order valence-corrected chi connectivity index (χ1v) is 12.9. The van der Waals surface area contributed by atoms with Gasteiger partial charge in [-0.05, 0) is 77.8 Å². The van der Waals surface area contributed by atoms with E-state index in [0.29, 0.717) is 0 Å². The molecule has 1 fully saturated rings. The molecule has 1 aliphatic carbocycles. The van der Waals surface area contributed by atoms with E-state index in [1.54, 1.807) is 7.11 Å². The van der Waals surface area contributed by atoms with Crippen molar-refractivity contribution >= 4 is 22.0 Å². The van der Waals surface area contributed by atoms with E-state index in [1.165, 1.54) is 39.0 Å². The average molecular weight is 482 g/mol. The summed E-state index contributed by atoms with van der Waals surface area (Å²) in [5, 5.41) is 9.37. The summed E-state index contributed by atoms with van der Waals surface area (Å²) in [6.45, 7) is 4.51. The summed E-state index contributed by atoms with van der Waals surface area (Å²) in [4.78, 5) is 2.30. The van der Waals surface area contributed by atoms with E-state index in [2.05, 4.69) is 77.6 Å². The number of allylic oxidation sites excluding steroid dienone is 1. The third kappa shape index (κ3) is 4.11. The van der Waals surface area contributed by atoms with Crippen LogP contribution in [-0.2, 0) is 13.0 Å². The summed E-state index contributed by atoms with van der Waals surface area (Å²) in [6.07, 6.45) is 3.08. The molecule has 5 heteroatoms. The largest absolute Gasteiger partial charge is 0.497 e. The Kier molecular flexibility index (Phi) is 6.10. The molecule has 6 rings (SSSR count). The van der Waals surface area contributed by atoms with E-state index < -0.39 is 0 Å². The fourth-order valence-electron chi connectivity index (χ4n) is 5.86. The van der Waals surface area contributed by atoms with Crippen LogP contribution in [0.15, 0.2) is 60.7 Å². The minimum absolute atomic E-state index is 0.202. The molecule has 0 saturated carbocycles. The highest BCUT2D eigenvalue weighted by atomic mass is 19.1. The lowest BCUT2D eigenvalue weighted by Gasteiger charge is -2.37. The molecule has 0 atom stereocenters. The summed E-state index contributed by atoms with van der Waals surface area (Å²) in [6, 6.07) is 21.7. The molecule has 4 aromatic rings. The van der Waals surface area contributed by atoms with Crippen molar-refractivity contribution in [3.63, 3.8) is 0 Å². The van der Waals surface area contributed by atoms with Gasteiger partial charge < -0.3 is 4.74 Å². The normalized spacial score (nSPS) is 16.6. The molecule has 1 aromatic heterocycles. The maximum Gasteiger partial charge on any atom is 0.119 e. The lowest BCUT2D eigenvalue weighted by molar-refractivity contribution is 0.0738. The van der Waals surface area contributed by atoms with Gasteiger partial charge in [0.2, 0.25) is 0 Å². The molecule has 1 aliphatic heterocycles. The number of benzene rings is 3. The van der Waals surface area contributed by atoms with Crippen molar-refractivity contribution in [2.24, 2.45) is 5.92 Å². The quantitative estimate of drug-likeness (QED) is 0.338. The summed E-state index contributed by atoms with van der Waals surface area (Å²) < 4.78 is 18.4. The highest BCUT2D eigenvalue weighted by Gasteiger charge is 2.27. The van der Waals surface area contributed by atoms with E-state index >= 15 is 0 Å². The standard InChI is InChI=1S/C31H32FN3O/c1-20-6-3-4-8-25(20)27-9-5-7-23-15-24(36-2)11-13-26(23)30(27)31-28-12-10-21(14-29(28)33-34-31)17-35-18-22(16-32)19-35/h3-4,6,8,10-15,22H,5,7,9,16-19H2,1-2H3,(H,33,34). The smallest absolute Gasteiger partial charge is 0.119 e. The molecule has 4 nitrogen and oxygen atoms in total. The summed E-state index contributed by atoms with van der Waals surface area (Å²) in [7, 11) is 1.73. The lowest BCUT2D eigenvalue weighted by Crippen LogP contribution is -2.46. The van der Waals surface area contributed by atoms with Crippen LogP contribution in [0.4, 0.5) is 4.39 Å². The molecular formula is C31H32FN3O. The number of likely N-dealkylation sites (tertiary alicyclic amines) is 1. The highest BCUT2D eigenvalue weighted by molar-refractivity contribution is 6.06. The number of H-pyrrole nitrogens is 1. The molecule has 0 amide bonds. The van der Waals surface area contributed by atoms with Crippen molar-refractivity contribution in [1.82, 2.24) is 15.1 Å². The van der Waals surface area contributed by atoms with Gasteiger partial charge in [0.15, 0.2) is 0 Å².